The first-order valence-electron chi connectivity index (χ1n) is 6.15. The summed E-state index contributed by atoms with van der Waals surface area (Å²) in [5.41, 5.74) is 0.882. The van der Waals surface area contributed by atoms with E-state index in [9.17, 15) is 5.11 Å². The molecule has 2 heterocycles. The Morgan fingerprint density at radius 2 is 2.50 bits per heavy atom. The molecule has 1 N–H and O–H groups in total. The zero-order valence-corrected chi connectivity index (χ0v) is 11.1. The maximum absolute atomic E-state index is 9.92. The minimum atomic E-state index is -0.379. The van der Waals surface area contributed by atoms with Gasteiger partial charge in [-0.25, -0.2) is 4.98 Å². The lowest BCUT2D eigenvalue weighted by molar-refractivity contribution is 0.153. The largest absolute Gasteiger partial charge is 0.467 e. The summed E-state index contributed by atoms with van der Waals surface area (Å²) in [4.78, 5) is 7.86. The molecule has 0 amide bonds. The third-order valence-corrected chi connectivity index (χ3v) is 4.46. The van der Waals surface area contributed by atoms with Crippen molar-refractivity contribution in [3.63, 3.8) is 0 Å². The van der Waals surface area contributed by atoms with Gasteiger partial charge in [-0.1, -0.05) is 0 Å². The quantitative estimate of drug-likeness (QED) is 0.926. The van der Waals surface area contributed by atoms with Gasteiger partial charge in [0, 0.05) is 11.9 Å². The number of nitrogens with zero attached hydrogens (tertiary/aromatic N) is 2. The molecule has 1 atom stereocenters. The molecular weight excluding hydrogens is 248 g/mol. The Hall–Kier alpha value is -1.33. The Kier molecular flexibility index (Phi) is 3.09. The number of hydrogen-bond donors (Lipinski definition) is 1. The molecule has 1 aliphatic rings. The molecule has 5 heteroatoms. The van der Waals surface area contributed by atoms with Crippen LogP contribution in [-0.4, -0.2) is 17.1 Å². The molecule has 1 unspecified atom stereocenters. The topological polar surface area (TPSA) is 49.5 Å². The van der Waals surface area contributed by atoms with Gasteiger partial charge < -0.3 is 14.4 Å². The Morgan fingerprint density at radius 1 is 1.61 bits per heavy atom. The van der Waals surface area contributed by atoms with Crippen molar-refractivity contribution in [1.29, 1.82) is 0 Å². The van der Waals surface area contributed by atoms with Crippen LogP contribution in [0.4, 0.5) is 5.13 Å². The summed E-state index contributed by atoms with van der Waals surface area (Å²) >= 11 is 1.68. The molecule has 0 bridgehead atoms. The Labute approximate surface area is 110 Å². The van der Waals surface area contributed by atoms with E-state index < -0.39 is 0 Å². The van der Waals surface area contributed by atoms with Crippen LogP contribution in [0.25, 0.3) is 0 Å². The van der Waals surface area contributed by atoms with Gasteiger partial charge in [-0.15, -0.1) is 11.3 Å². The highest BCUT2D eigenvalue weighted by Gasteiger charge is 2.24. The molecule has 2 aromatic rings. The zero-order chi connectivity index (χ0) is 12.5. The first-order chi connectivity index (χ1) is 8.74. The van der Waals surface area contributed by atoms with Crippen LogP contribution in [0, 0.1) is 0 Å². The van der Waals surface area contributed by atoms with Crippen LogP contribution in [0.2, 0.25) is 0 Å². The van der Waals surface area contributed by atoms with E-state index in [1.54, 1.807) is 17.6 Å². The van der Waals surface area contributed by atoms with Gasteiger partial charge in [0.2, 0.25) is 0 Å². The standard InChI is InChI=1S/C13H16N2O2S/c1-15(8-9-4-3-7-17-9)13-14-12-10(16)5-2-6-11(12)18-13/h3-4,7,10,16H,2,5-6,8H2,1H3. The summed E-state index contributed by atoms with van der Waals surface area (Å²) in [6, 6.07) is 3.85. The lowest BCUT2D eigenvalue weighted by Crippen LogP contribution is -2.16. The molecule has 0 aliphatic heterocycles. The first kappa shape index (κ1) is 11.7. The molecular formula is C13H16N2O2S. The van der Waals surface area contributed by atoms with Crippen molar-refractivity contribution in [2.45, 2.75) is 31.9 Å². The van der Waals surface area contributed by atoms with Crippen molar-refractivity contribution in [2.75, 3.05) is 11.9 Å². The molecule has 2 aromatic heterocycles. The van der Waals surface area contributed by atoms with Crippen LogP contribution in [0.3, 0.4) is 0 Å². The van der Waals surface area contributed by atoms with E-state index in [4.69, 9.17) is 4.42 Å². The molecule has 96 valence electrons. The minimum Gasteiger partial charge on any atom is -0.467 e. The molecule has 0 saturated heterocycles. The molecule has 0 saturated carbocycles. The van der Waals surface area contributed by atoms with Crippen molar-refractivity contribution in [1.82, 2.24) is 4.98 Å². The minimum absolute atomic E-state index is 0.379. The van der Waals surface area contributed by atoms with Crippen LogP contribution in [-0.2, 0) is 13.0 Å². The molecule has 0 aromatic carbocycles. The molecule has 0 fully saturated rings. The number of rotatable bonds is 3. The van der Waals surface area contributed by atoms with Crippen molar-refractivity contribution >= 4 is 16.5 Å². The number of aryl methyl sites for hydroxylation is 1. The summed E-state index contributed by atoms with van der Waals surface area (Å²) in [5, 5.41) is 10.9. The second-order valence-corrected chi connectivity index (χ2v) is 5.71. The first-order valence-corrected chi connectivity index (χ1v) is 6.97. The molecule has 0 spiro atoms. The van der Waals surface area contributed by atoms with Gasteiger partial charge in [0.25, 0.3) is 0 Å². The van der Waals surface area contributed by atoms with Crippen molar-refractivity contribution in [2.24, 2.45) is 0 Å². The van der Waals surface area contributed by atoms with Crippen molar-refractivity contribution in [3.8, 4) is 0 Å². The molecule has 1 aliphatic carbocycles. The van der Waals surface area contributed by atoms with E-state index in [0.717, 1.165) is 35.8 Å². The van der Waals surface area contributed by atoms with Crippen LogP contribution < -0.4 is 4.90 Å². The normalized spacial score (nSPS) is 18.7. The Balaban J connectivity index is 1.80. The molecule has 0 radical (unpaired) electrons. The van der Waals surface area contributed by atoms with Gasteiger partial charge in [0.05, 0.1) is 24.6 Å². The number of thiazole rings is 1. The van der Waals surface area contributed by atoms with E-state index in [2.05, 4.69) is 9.88 Å². The van der Waals surface area contributed by atoms with E-state index in [1.165, 1.54) is 4.88 Å². The second-order valence-electron chi connectivity index (χ2n) is 4.65. The van der Waals surface area contributed by atoms with E-state index in [1.807, 2.05) is 19.2 Å². The summed E-state index contributed by atoms with van der Waals surface area (Å²) < 4.78 is 5.33. The second kappa shape index (κ2) is 4.74. The maximum Gasteiger partial charge on any atom is 0.186 e. The maximum atomic E-state index is 9.92. The van der Waals surface area contributed by atoms with Crippen LogP contribution in [0.5, 0.6) is 0 Å². The lowest BCUT2D eigenvalue weighted by atomic mass is 10.0. The van der Waals surface area contributed by atoms with Crippen molar-refractivity contribution in [3.05, 3.63) is 34.7 Å². The van der Waals surface area contributed by atoms with Gasteiger partial charge in [-0.05, 0) is 31.4 Å². The van der Waals surface area contributed by atoms with Crippen LogP contribution in [0.1, 0.15) is 35.3 Å². The number of aliphatic hydroxyl groups excluding tert-OH is 1. The van der Waals surface area contributed by atoms with Gasteiger partial charge in [0.15, 0.2) is 5.13 Å². The Morgan fingerprint density at radius 3 is 3.22 bits per heavy atom. The van der Waals surface area contributed by atoms with Crippen LogP contribution in [0.15, 0.2) is 22.8 Å². The van der Waals surface area contributed by atoms with E-state index >= 15 is 0 Å². The average Bonchev–Trinajstić information content (AvgIpc) is 2.97. The number of anilines is 1. The van der Waals surface area contributed by atoms with Gasteiger partial charge in [0.1, 0.15) is 5.76 Å². The highest BCUT2D eigenvalue weighted by Crippen LogP contribution is 2.36. The number of hydrogen-bond acceptors (Lipinski definition) is 5. The lowest BCUT2D eigenvalue weighted by Gasteiger charge is -2.15. The van der Waals surface area contributed by atoms with Gasteiger partial charge in [-0.3, -0.25) is 0 Å². The fraction of sp³-hybridized carbons (Fsp3) is 0.462. The number of furan rings is 1. The predicted molar refractivity (Wildman–Crippen MR) is 70.8 cm³/mol. The van der Waals surface area contributed by atoms with Crippen molar-refractivity contribution < 1.29 is 9.52 Å². The fourth-order valence-electron chi connectivity index (χ4n) is 2.25. The highest BCUT2D eigenvalue weighted by molar-refractivity contribution is 7.15. The molecule has 3 rings (SSSR count). The SMILES string of the molecule is CN(Cc1ccco1)c1nc2c(s1)CCCC2O. The fourth-order valence-corrected chi connectivity index (χ4v) is 3.37. The smallest absolute Gasteiger partial charge is 0.186 e. The van der Waals surface area contributed by atoms with Gasteiger partial charge >= 0.3 is 0 Å². The molecule has 4 nitrogen and oxygen atoms in total. The van der Waals surface area contributed by atoms with E-state index in [0.29, 0.717) is 6.54 Å². The zero-order valence-electron chi connectivity index (χ0n) is 10.3. The summed E-state index contributed by atoms with van der Waals surface area (Å²) in [6.45, 7) is 0.704. The number of fused-ring (bicyclic) bond motifs is 1. The molecule has 18 heavy (non-hydrogen) atoms. The monoisotopic (exact) mass is 264 g/mol. The summed E-state index contributed by atoms with van der Waals surface area (Å²) in [7, 11) is 2.00. The summed E-state index contributed by atoms with van der Waals surface area (Å²) in [6.07, 6.45) is 4.23. The van der Waals surface area contributed by atoms with E-state index in [-0.39, 0.29) is 6.10 Å². The third kappa shape index (κ3) is 2.15. The Bertz CT molecular complexity index is 521. The van der Waals surface area contributed by atoms with Gasteiger partial charge in [-0.2, -0.15) is 0 Å². The van der Waals surface area contributed by atoms with Crippen LogP contribution >= 0.6 is 11.3 Å². The highest BCUT2D eigenvalue weighted by atomic mass is 32.1. The average molecular weight is 264 g/mol. The number of aromatic nitrogens is 1. The third-order valence-electron chi connectivity index (χ3n) is 3.21. The number of aliphatic hydroxyl groups is 1. The predicted octanol–water partition coefficient (Wildman–Crippen LogP) is 2.74. The summed E-state index contributed by atoms with van der Waals surface area (Å²) in [5.74, 6) is 0.922.